The van der Waals surface area contributed by atoms with Gasteiger partial charge in [-0.3, -0.25) is 0 Å². The van der Waals surface area contributed by atoms with Crippen LogP contribution in [-0.2, 0) is 9.47 Å². The molecule has 2 nitrogen and oxygen atoms in total. The van der Waals surface area contributed by atoms with E-state index >= 15 is 0 Å². The summed E-state index contributed by atoms with van der Waals surface area (Å²) in [6.07, 6.45) is 5.57. The second kappa shape index (κ2) is 5.56. The first-order valence-electron chi connectivity index (χ1n) is 4.46. The fraction of sp³-hybridized carbons (Fsp3) is 0.889. The van der Waals surface area contributed by atoms with E-state index in [2.05, 4.69) is 6.92 Å². The summed E-state index contributed by atoms with van der Waals surface area (Å²) in [5.74, 6) is 0. The molecule has 0 aliphatic carbocycles. The highest BCUT2D eigenvalue weighted by Gasteiger charge is 2.12. The molecule has 0 saturated carbocycles. The van der Waals surface area contributed by atoms with Gasteiger partial charge in [0.05, 0.1) is 0 Å². The molecule has 0 spiro atoms. The summed E-state index contributed by atoms with van der Waals surface area (Å²) < 4.78 is 10.8. The zero-order valence-electron chi connectivity index (χ0n) is 7.05. The van der Waals surface area contributed by atoms with Gasteiger partial charge in [-0.05, 0) is 25.7 Å². The maximum Gasteiger partial charge on any atom is 0.157 e. The maximum atomic E-state index is 5.46. The van der Waals surface area contributed by atoms with Gasteiger partial charge in [-0.15, -0.1) is 0 Å². The molecule has 0 aromatic heterocycles. The van der Waals surface area contributed by atoms with Crippen LogP contribution >= 0.6 is 0 Å². The normalized spacial score (nSPS) is 25.4. The van der Waals surface area contributed by atoms with Gasteiger partial charge in [0.25, 0.3) is 0 Å². The Morgan fingerprint density at radius 3 is 3.00 bits per heavy atom. The molecule has 0 bridgehead atoms. The van der Waals surface area contributed by atoms with Gasteiger partial charge in [0.2, 0.25) is 0 Å². The molecule has 1 radical (unpaired) electrons. The Kier molecular flexibility index (Phi) is 4.55. The molecule has 1 rings (SSSR count). The Balaban J connectivity index is 1.96. The minimum Gasteiger partial charge on any atom is -0.353 e. The molecular weight excluding hydrogens is 140 g/mol. The lowest BCUT2D eigenvalue weighted by molar-refractivity contribution is -0.162. The van der Waals surface area contributed by atoms with Crippen LogP contribution in [0.5, 0.6) is 0 Å². The van der Waals surface area contributed by atoms with E-state index in [0.717, 1.165) is 32.5 Å². The van der Waals surface area contributed by atoms with E-state index in [1.165, 1.54) is 12.8 Å². The van der Waals surface area contributed by atoms with E-state index in [-0.39, 0.29) is 6.29 Å². The third kappa shape index (κ3) is 3.73. The number of ether oxygens (including phenoxy) is 2. The van der Waals surface area contributed by atoms with E-state index in [4.69, 9.17) is 9.47 Å². The van der Waals surface area contributed by atoms with Crippen LogP contribution in [0.2, 0.25) is 0 Å². The molecule has 1 unspecified atom stereocenters. The maximum absolute atomic E-state index is 5.46. The van der Waals surface area contributed by atoms with Crippen molar-refractivity contribution >= 4 is 0 Å². The van der Waals surface area contributed by atoms with Gasteiger partial charge in [0, 0.05) is 13.2 Å². The van der Waals surface area contributed by atoms with E-state index < -0.39 is 0 Å². The van der Waals surface area contributed by atoms with Gasteiger partial charge >= 0.3 is 0 Å². The molecule has 1 heterocycles. The van der Waals surface area contributed by atoms with Gasteiger partial charge in [-0.2, -0.15) is 0 Å². The van der Waals surface area contributed by atoms with E-state index in [9.17, 15) is 0 Å². The first kappa shape index (κ1) is 9.01. The van der Waals surface area contributed by atoms with Crippen LogP contribution in [0.15, 0.2) is 0 Å². The molecular formula is C9H17O2. The predicted octanol–water partition coefficient (Wildman–Crippen LogP) is 2.14. The van der Waals surface area contributed by atoms with E-state index in [1.807, 2.05) is 0 Å². The van der Waals surface area contributed by atoms with Crippen molar-refractivity contribution in [2.45, 2.75) is 38.4 Å². The summed E-state index contributed by atoms with van der Waals surface area (Å²) in [7, 11) is 0. The van der Waals surface area contributed by atoms with Crippen molar-refractivity contribution in [3.05, 3.63) is 6.92 Å². The SMILES string of the molecule is [CH2]CCCOC1CCCCO1. The molecule has 0 aromatic carbocycles. The Labute approximate surface area is 68.9 Å². The van der Waals surface area contributed by atoms with Crippen LogP contribution in [0, 0.1) is 6.92 Å². The van der Waals surface area contributed by atoms with Crippen molar-refractivity contribution in [3.63, 3.8) is 0 Å². The summed E-state index contributed by atoms with van der Waals surface area (Å²) in [5.41, 5.74) is 0. The first-order valence-corrected chi connectivity index (χ1v) is 4.46. The predicted molar refractivity (Wildman–Crippen MR) is 44.1 cm³/mol. The molecule has 2 heteroatoms. The van der Waals surface area contributed by atoms with Crippen LogP contribution in [0.4, 0.5) is 0 Å². The van der Waals surface area contributed by atoms with Gasteiger partial charge < -0.3 is 9.47 Å². The quantitative estimate of drug-likeness (QED) is 0.582. The second-order valence-corrected chi connectivity index (χ2v) is 2.87. The van der Waals surface area contributed by atoms with Gasteiger partial charge in [-0.25, -0.2) is 0 Å². The molecule has 65 valence electrons. The Bertz CT molecular complexity index is 87.6. The van der Waals surface area contributed by atoms with Gasteiger partial charge in [0.1, 0.15) is 0 Å². The highest BCUT2D eigenvalue weighted by atomic mass is 16.7. The lowest BCUT2D eigenvalue weighted by atomic mass is 10.2. The minimum atomic E-state index is 0.0790. The van der Waals surface area contributed by atoms with Crippen LogP contribution in [0.25, 0.3) is 0 Å². The van der Waals surface area contributed by atoms with Crippen LogP contribution in [0.3, 0.4) is 0 Å². The summed E-state index contributed by atoms with van der Waals surface area (Å²) in [4.78, 5) is 0. The van der Waals surface area contributed by atoms with Crippen LogP contribution < -0.4 is 0 Å². The molecule has 1 aliphatic heterocycles. The van der Waals surface area contributed by atoms with Crippen molar-refractivity contribution in [2.75, 3.05) is 13.2 Å². The Morgan fingerprint density at radius 1 is 1.45 bits per heavy atom. The average Bonchev–Trinajstić information content (AvgIpc) is 2.07. The molecule has 1 saturated heterocycles. The van der Waals surface area contributed by atoms with E-state index in [1.54, 1.807) is 0 Å². The lowest BCUT2D eigenvalue weighted by Crippen LogP contribution is -2.22. The Morgan fingerprint density at radius 2 is 2.36 bits per heavy atom. The zero-order chi connectivity index (χ0) is 7.94. The number of unbranched alkanes of at least 4 members (excludes halogenated alkanes) is 1. The minimum absolute atomic E-state index is 0.0790. The summed E-state index contributed by atoms with van der Waals surface area (Å²) in [5, 5.41) is 0. The second-order valence-electron chi connectivity index (χ2n) is 2.87. The number of hydrogen-bond donors (Lipinski definition) is 0. The molecule has 0 aromatic rings. The van der Waals surface area contributed by atoms with Crippen LogP contribution in [0.1, 0.15) is 32.1 Å². The number of hydrogen-bond acceptors (Lipinski definition) is 2. The smallest absolute Gasteiger partial charge is 0.157 e. The lowest BCUT2D eigenvalue weighted by Gasteiger charge is -2.22. The average molecular weight is 157 g/mol. The van der Waals surface area contributed by atoms with Crippen molar-refractivity contribution in [2.24, 2.45) is 0 Å². The summed E-state index contributed by atoms with van der Waals surface area (Å²) in [6, 6.07) is 0. The Hall–Kier alpha value is -0.0800. The fourth-order valence-corrected chi connectivity index (χ4v) is 1.16. The standard InChI is InChI=1S/C9H17O2/c1-2-3-7-10-9-6-4-5-8-11-9/h9H,1-8H2. The van der Waals surface area contributed by atoms with Crippen molar-refractivity contribution in [3.8, 4) is 0 Å². The van der Waals surface area contributed by atoms with Crippen molar-refractivity contribution in [1.29, 1.82) is 0 Å². The highest BCUT2D eigenvalue weighted by molar-refractivity contribution is 4.54. The summed E-state index contributed by atoms with van der Waals surface area (Å²) >= 11 is 0. The molecule has 0 N–H and O–H groups in total. The van der Waals surface area contributed by atoms with Gasteiger partial charge in [0.15, 0.2) is 6.29 Å². The van der Waals surface area contributed by atoms with Crippen LogP contribution in [-0.4, -0.2) is 19.5 Å². The monoisotopic (exact) mass is 157 g/mol. The van der Waals surface area contributed by atoms with Gasteiger partial charge in [-0.1, -0.05) is 13.3 Å². The summed E-state index contributed by atoms with van der Waals surface area (Å²) in [6.45, 7) is 5.42. The molecule has 1 fully saturated rings. The third-order valence-corrected chi connectivity index (χ3v) is 1.84. The largest absolute Gasteiger partial charge is 0.353 e. The highest BCUT2D eigenvalue weighted by Crippen LogP contribution is 2.13. The van der Waals surface area contributed by atoms with E-state index in [0.29, 0.717) is 0 Å². The first-order chi connectivity index (χ1) is 5.43. The third-order valence-electron chi connectivity index (χ3n) is 1.84. The molecule has 1 aliphatic rings. The zero-order valence-corrected chi connectivity index (χ0v) is 7.05. The van der Waals surface area contributed by atoms with Crippen molar-refractivity contribution in [1.82, 2.24) is 0 Å². The van der Waals surface area contributed by atoms with Crippen molar-refractivity contribution < 1.29 is 9.47 Å². The molecule has 0 amide bonds. The molecule has 11 heavy (non-hydrogen) atoms. The number of rotatable bonds is 4. The molecule has 1 atom stereocenters. The topological polar surface area (TPSA) is 18.5 Å². The fourth-order valence-electron chi connectivity index (χ4n) is 1.16.